The second kappa shape index (κ2) is 5.34. The monoisotopic (exact) mass is 373 g/mol. The van der Waals surface area contributed by atoms with Crippen molar-refractivity contribution >= 4 is 26.8 Å². The predicted octanol–water partition coefficient (Wildman–Crippen LogP) is 2.61. The first-order chi connectivity index (χ1) is 10.3. The summed E-state index contributed by atoms with van der Waals surface area (Å²) in [5, 5.41) is 9.68. The van der Waals surface area contributed by atoms with E-state index < -0.39 is 11.7 Å². The van der Waals surface area contributed by atoms with Gasteiger partial charge in [0.15, 0.2) is 5.82 Å². The molecule has 8 heteroatoms. The summed E-state index contributed by atoms with van der Waals surface area (Å²) in [6.45, 7) is 0.562. The first-order valence-corrected chi connectivity index (χ1v) is 7.68. The average molecular weight is 374 g/mol. The van der Waals surface area contributed by atoms with Crippen LogP contribution in [-0.2, 0) is 5.92 Å². The first kappa shape index (κ1) is 15.5. The standard InChI is InChI=1S/C14H14BrF2N3O2/c1-14(16,17)13-18-4-8-11(19-13)9(15)5-20(12(8)22)10(6-21)7-2-3-7/h4-5,7,10,21H,2-3,6H2,1H3/t10-/m1/s1. The molecule has 1 N–H and O–H groups in total. The van der Waals surface area contributed by atoms with Crippen molar-refractivity contribution < 1.29 is 13.9 Å². The first-order valence-electron chi connectivity index (χ1n) is 6.89. The Morgan fingerprint density at radius 1 is 1.55 bits per heavy atom. The fourth-order valence-corrected chi connectivity index (χ4v) is 3.03. The Labute approximate surface area is 133 Å². The lowest BCUT2D eigenvalue weighted by Crippen LogP contribution is -2.28. The van der Waals surface area contributed by atoms with E-state index in [4.69, 9.17) is 0 Å². The molecule has 1 atom stereocenters. The molecular weight excluding hydrogens is 360 g/mol. The zero-order chi connectivity index (χ0) is 16.1. The molecule has 0 unspecified atom stereocenters. The normalized spacial score (nSPS) is 17.0. The number of hydrogen-bond acceptors (Lipinski definition) is 4. The van der Waals surface area contributed by atoms with Crippen LogP contribution < -0.4 is 5.56 Å². The largest absolute Gasteiger partial charge is 0.394 e. The van der Waals surface area contributed by atoms with Crippen LogP contribution in [0, 0.1) is 5.92 Å². The number of aliphatic hydroxyl groups is 1. The summed E-state index contributed by atoms with van der Waals surface area (Å²) < 4.78 is 28.5. The van der Waals surface area contributed by atoms with Crippen LogP contribution in [-0.4, -0.2) is 26.2 Å². The quantitative estimate of drug-likeness (QED) is 0.894. The highest BCUT2D eigenvalue weighted by atomic mass is 79.9. The maximum Gasteiger partial charge on any atom is 0.303 e. The number of halogens is 3. The maximum atomic E-state index is 13.3. The molecule has 0 aliphatic heterocycles. The van der Waals surface area contributed by atoms with Crippen molar-refractivity contribution in [2.75, 3.05) is 6.61 Å². The number of alkyl halides is 2. The molecule has 5 nitrogen and oxygen atoms in total. The highest BCUT2D eigenvalue weighted by Crippen LogP contribution is 2.39. The van der Waals surface area contributed by atoms with Gasteiger partial charge in [-0.2, -0.15) is 8.78 Å². The number of pyridine rings is 1. The lowest BCUT2D eigenvalue weighted by atomic mass is 10.2. The van der Waals surface area contributed by atoms with Gasteiger partial charge in [-0.1, -0.05) is 0 Å². The number of aliphatic hydroxyl groups excluding tert-OH is 1. The van der Waals surface area contributed by atoms with Gasteiger partial charge in [-0.3, -0.25) is 4.79 Å². The minimum absolute atomic E-state index is 0.144. The molecule has 2 aromatic heterocycles. The fraction of sp³-hybridized carbons (Fsp3) is 0.500. The summed E-state index contributed by atoms with van der Waals surface area (Å²) in [6.07, 6.45) is 4.56. The Hall–Kier alpha value is -1.41. The van der Waals surface area contributed by atoms with Crippen LogP contribution in [0.4, 0.5) is 8.78 Å². The van der Waals surface area contributed by atoms with E-state index in [-0.39, 0.29) is 35.0 Å². The molecule has 2 heterocycles. The molecule has 1 aliphatic rings. The molecule has 1 saturated carbocycles. The third-order valence-electron chi connectivity index (χ3n) is 3.84. The van der Waals surface area contributed by atoms with E-state index in [1.807, 2.05) is 0 Å². The summed E-state index contributed by atoms with van der Waals surface area (Å²) in [5.74, 6) is -3.53. The van der Waals surface area contributed by atoms with Crippen molar-refractivity contribution in [1.29, 1.82) is 0 Å². The van der Waals surface area contributed by atoms with Crippen molar-refractivity contribution in [2.24, 2.45) is 5.92 Å². The molecule has 0 spiro atoms. The summed E-state index contributed by atoms with van der Waals surface area (Å²) in [4.78, 5) is 20.0. The topological polar surface area (TPSA) is 68.0 Å². The van der Waals surface area contributed by atoms with Crippen molar-refractivity contribution in [1.82, 2.24) is 14.5 Å². The Kier molecular flexibility index (Phi) is 3.76. The second-order valence-corrected chi connectivity index (χ2v) is 6.48. The highest BCUT2D eigenvalue weighted by molar-refractivity contribution is 9.10. The van der Waals surface area contributed by atoms with Gasteiger partial charge < -0.3 is 9.67 Å². The Balaban J connectivity index is 2.20. The number of aromatic nitrogens is 3. The molecule has 1 aliphatic carbocycles. The minimum Gasteiger partial charge on any atom is -0.394 e. The van der Waals surface area contributed by atoms with Crippen molar-refractivity contribution in [3.8, 4) is 0 Å². The SMILES string of the molecule is CC(F)(F)c1ncc2c(=O)n([C@H](CO)C3CC3)cc(Br)c2n1. The number of fused-ring (bicyclic) bond motifs is 1. The summed E-state index contributed by atoms with van der Waals surface area (Å²) in [5.41, 5.74) is -0.226. The molecule has 22 heavy (non-hydrogen) atoms. The van der Waals surface area contributed by atoms with E-state index in [1.54, 1.807) is 0 Å². The van der Waals surface area contributed by atoms with Crippen molar-refractivity contribution in [3.05, 3.63) is 33.0 Å². The van der Waals surface area contributed by atoms with Crippen LogP contribution >= 0.6 is 15.9 Å². The van der Waals surface area contributed by atoms with E-state index >= 15 is 0 Å². The number of hydrogen-bond donors (Lipinski definition) is 1. The van der Waals surface area contributed by atoms with Gasteiger partial charge in [-0.15, -0.1) is 0 Å². The van der Waals surface area contributed by atoms with Gasteiger partial charge in [0.25, 0.3) is 5.56 Å². The Morgan fingerprint density at radius 2 is 2.23 bits per heavy atom. The van der Waals surface area contributed by atoms with Crippen molar-refractivity contribution in [2.45, 2.75) is 31.7 Å². The Bertz CT molecular complexity index is 784. The molecule has 118 valence electrons. The maximum absolute atomic E-state index is 13.3. The van der Waals surface area contributed by atoms with E-state index in [9.17, 15) is 18.7 Å². The van der Waals surface area contributed by atoms with Crippen molar-refractivity contribution in [3.63, 3.8) is 0 Å². The molecule has 0 aromatic carbocycles. The Morgan fingerprint density at radius 3 is 2.77 bits per heavy atom. The van der Waals surface area contributed by atoms with Crippen LogP contribution in [0.5, 0.6) is 0 Å². The van der Waals surface area contributed by atoms with E-state index in [1.165, 1.54) is 10.8 Å². The summed E-state index contributed by atoms with van der Waals surface area (Å²) in [7, 11) is 0. The minimum atomic E-state index is -3.18. The van der Waals surface area contributed by atoms with Gasteiger partial charge in [0.05, 0.1) is 28.0 Å². The number of nitrogens with zero attached hydrogens (tertiary/aromatic N) is 3. The van der Waals surface area contributed by atoms with Gasteiger partial charge in [-0.25, -0.2) is 9.97 Å². The van der Waals surface area contributed by atoms with Gasteiger partial charge in [0.2, 0.25) is 0 Å². The molecule has 0 bridgehead atoms. The zero-order valence-corrected chi connectivity index (χ0v) is 13.3. The third kappa shape index (κ3) is 2.65. The van der Waals surface area contributed by atoms with Crippen LogP contribution in [0.25, 0.3) is 10.9 Å². The summed E-state index contributed by atoms with van der Waals surface area (Å²) >= 11 is 3.27. The van der Waals surface area contributed by atoms with E-state index in [2.05, 4.69) is 25.9 Å². The second-order valence-electron chi connectivity index (χ2n) is 5.62. The molecule has 0 amide bonds. The fourth-order valence-electron chi connectivity index (χ4n) is 2.50. The molecule has 0 saturated heterocycles. The lowest BCUT2D eigenvalue weighted by Gasteiger charge is -2.18. The number of rotatable bonds is 4. The van der Waals surface area contributed by atoms with Crippen LogP contribution in [0.15, 0.2) is 21.7 Å². The predicted molar refractivity (Wildman–Crippen MR) is 79.9 cm³/mol. The molecule has 0 radical (unpaired) electrons. The smallest absolute Gasteiger partial charge is 0.303 e. The zero-order valence-electron chi connectivity index (χ0n) is 11.8. The van der Waals surface area contributed by atoms with E-state index in [0.717, 1.165) is 19.0 Å². The van der Waals surface area contributed by atoms with Crippen LogP contribution in [0.3, 0.4) is 0 Å². The highest BCUT2D eigenvalue weighted by Gasteiger charge is 2.33. The van der Waals surface area contributed by atoms with Gasteiger partial charge >= 0.3 is 5.92 Å². The average Bonchev–Trinajstić information content (AvgIpc) is 3.28. The summed E-state index contributed by atoms with van der Waals surface area (Å²) in [6, 6.07) is -0.305. The molecule has 2 aromatic rings. The van der Waals surface area contributed by atoms with Crippen LogP contribution in [0.1, 0.15) is 31.6 Å². The van der Waals surface area contributed by atoms with Crippen LogP contribution in [0.2, 0.25) is 0 Å². The lowest BCUT2D eigenvalue weighted by molar-refractivity contribution is 0.00805. The third-order valence-corrected chi connectivity index (χ3v) is 4.42. The van der Waals surface area contributed by atoms with E-state index in [0.29, 0.717) is 11.4 Å². The molecule has 1 fully saturated rings. The molecular formula is C14H14BrF2N3O2. The van der Waals surface area contributed by atoms with Gasteiger partial charge in [-0.05, 0) is 34.7 Å². The molecule has 3 rings (SSSR count). The van der Waals surface area contributed by atoms with Gasteiger partial charge in [0.1, 0.15) is 0 Å². The van der Waals surface area contributed by atoms with Gasteiger partial charge in [0, 0.05) is 19.3 Å².